The molecule has 1 aromatic carbocycles. The molecule has 1 heterocycles. The Morgan fingerprint density at radius 3 is 2.57 bits per heavy atom. The predicted octanol–water partition coefficient (Wildman–Crippen LogP) is 1.59. The molecule has 21 heavy (non-hydrogen) atoms. The summed E-state index contributed by atoms with van der Waals surface area (Å²) in [7, 11) is 0. The second-order valence-electron chi connectivity index (χ2n) is 5.23. The van der Waals surface area contributed by atoms with Gasteiger partial charge in [-0.15, -0.1) is 12.4 Å². The number of nitrogens with one attached hydrogen (secondary N) is 2. The largest absolute Gasteiger partial charge is 0.502 e. The van der Waals surface area contributed by atoms with Crippen LogP contribution < -0.4 is 10.6 Å². The van der Waals surface area contributed by atoms with Crippen molar-refractivity contribution >= 4 is 24.0 Å². The lowest BCUT2D eigenvalue weighted by Crippen LogP contribution is -2.52. The van der Waals surface area contributed by atoms with Crippen molar-refractivity contribution in [3.8, 4) is 5.75 Å². The number of nitro benzene ring substituents is 1. The van der Waals surface area contributed by atoms with Gasteiger partial charge in [0.2, 0.25) is 0 Å². The van der Waals surface area contributed by atoms with Gasteiger partial charge in [-0.25, -0.2) is 0 Å². The molecule has 0 saturated carbocycles. The van der Waals surface area contributed by atoms with E-state index in [0.29, 0.717) is 0 Å². The molecular weight excluding hydrogens is 298 g/mol. The van der Waals surface area contributed by atoms with Crippen molar-refractivity contribution in [2.75, 3.05) is 13.1 Å². The second kappa shape index (κ2) is 6.73. The summed E-state index contributed by atoms with van der Waals surface area (Å²) in [5, 5.41) is 26.3. The molecule has 1 aliphatic rings. The van der Waals surface area contributed by atoms with Gasteiger partial charge in [-0.05, 0) is 45.0 Å². The molecule has 0 spiro atoms. The number of aromatic hydroxyl groups is 1. The van der Waals surface area contributed by atoms with Crippen LogP contribution in [0, 0.1) is 10.1 Å². The number of phenols is 1. The Kier molecular flexibility index (Phi) is 5.51. The van der Waals surface area contributed by atoms with Crippen molar-refractivity contribution in [3.63, 3.8) is 0 Å². The van der Waals surface area contributed by atoms with Crippen LogP contribution in [0.4, 0.5) is 5.69 Å². The van der Waals surface area contributed by atoms with Gasteiger partial charge in [-0.2, -0.15) is 0 Å². The van der Waals surface area contributed by atoms with Gasteiger partial charge in [0.1, 0.15) is 0 Å². The number of halogens is 1. The van der Waals surface area contributed by atoms with Gasteiger partial charge in [0.15, 0.2) is 5.75 Å². The Balaban J connectivity index is 0.00000220. The molecule has 1 saturated heterocycles. The number of hydrogen-bond donors (Lipinski definition) is 3. The highest BCUT2D eigenvalue weighted by Gasteiger charge is 2.29. The normalized spacial score (nSPS) is 16.6. The van der Waals surface area contributed by atoms with Crippen LogP contribution in [-0.4, -0.2) is 34.6 Å². The van der Waals surface area contributed by atoms with E-state index in [9.17, 15) is 20.0 Å². The van der Waals surface area contributed by atoms with E-state index in [1.165, 1.54) is 6.07 Å². The van der Waals surface area contributed by atoms with E-state index < -0.39 is 16.4 Å². The molecule has 0 aromatic heterocycles. The number of piperidine rings is 1. The predicted molar refractivity (Wildman–Crippen MR) is 80.0 cm³/mol. The fraction of sp³-hybridized carbons (Fsp3) is 0.462. The van der Waals surface area contributed by atoms with E-state index in [1.807, 2.05) is 6.92 Å². The Bertz CT molecular complexity index is 544. The number of benzene rings is 1. The molecule has 3 N–H and O–H groups in total. The first-order valence-corrected chi connectivity index (χ1v) is 6.42. The first-order valence-electron chi connectivity index (χ1n) is 6.42. The minimum Gasteiger partial charge on any atom is -0.502 e. The topological polar surface area (TPSA) is 104 Å². The van der Waals surface area contributed by atoms with Crippen molar-refractivity contribution in [1.82, 2.24) is 10.6 Å². The van der Waals surface area contributed by atoms with Gasteiger partial charge < -0.3 is 15.7 Å². The summed E-state index contributed by atoms with van der Waals surface area (Å²) in [6, 6.07) is 3.60. The molecule has 0 radical (unpaired) electrons. The second-order valence-corrected chi connectivity index (χ2v) is 5.23. The van der Waals surface area contributed by atoms with E-state index in [0.717, 1.165) is 38.1 Å². The van der Waals surface area contributed by atoms with Crippen LogP contribution in [0.3, 0.4) is 0 Å². The van der Waals surface area contributed by atoms with E-state index in [4.69, 9.17) is 0 Å². The summed E-state index contributed by atoms with van der Waals surface area (Å²) in [5.74, 6) is -0.835. The van der Waals surface area contributed by atoms with Crippen molar-refractivity contribution in [1.29, 1.82) is 0 Å². The SMILES string of the molecule is CC1(NC(=O)c2ccc([N+](=O)[O-])c(O)c2)CCNCC1.Cl. The molecule has 0 unspecified atom stereocenters. The van der Waals surface area contributed by atoms with E-state index >= 15 is 0 Å². The fourth-order valence-corrected chi connectivity index (χ4v) is 2.27. The average molecular weight is 316 g/mol. The van der Waals surface area contributed by atoms with Crippen LogP contribution in [0.1, 0.15) is 30.1 Å². The molecule has 7 nitrogen and oxygen atoms in total. The zero-order valence-corrected chi connectivity index (χ0v) is 12.4. The summed E-state index contributed by atoms with van der Waals surface area (Å²) in [5.41, 5.74) is -0.484. The molecule has 0 atom stereocenters. The lowest BCUT2D eigenvalue weighted by atomic mass is 9.90. The van der Waals surface area contributed by atoms with Gasteiger partial charge in [-0.3, -0.25) is 14.9 Å². The smallest absolute Gasteiger partial charge is 0.310 e. The first-order chi connectivity index (χ1) is 9.41. The molecule has 1 aromatic rings. The van der Waals surface area contributed by atoms with E-state index in [1.54, 1.807) is 0 Å². The van der Waals surface area contributed by atoms with Gasteiger partial charge in [0, 0.05) is 17.2 Å². The first kappa shape index (κ1) is 17.2. The number of nitrogens with zero attached hydrogens (tertiary/aromatic N) is 1. The van der Waals surface area contributed by atoms with Crippen LogP contribution in [0.25, 0.3) is 0 Å². The summed E-state index contributed by atoms with van der Waals surface area (Å²) in [6.45, 7) is 3.64. The van der Waals surface area contributed by atoms with E-state index in [-0.39, 0.29) is 29.4 Å². The zero-order valence-electron chi connectivity index (χ0n) is 11.6. The highest BCUT2D eigenvalue weighted by Crippen LogP contribution is 2.26. The maximum atomic E-state index is 12.1. The molecule has 1 aliphatic heterocycles. The number of carbonyl (C=O) groups excluding carboxylic acids is 1. The third-order valence-corrected chi connectivity index (χ3v) is 3.56. The number of nitro groups is 1. The molecule has 116 valence electrons. The molecule has 0 aliphatic carbocycles. The highest BCUT2D eigenvalue weighted by atomic mass is 35.5. The van der Waals surface area contributed by atoms with Crippen molar-refractivity contribution < 1.29 is 14.8 Å². The molecule has 0 bridgehead atoms. The average Bonchev–Trinajstić information content (AvgIpc) is 2.38. The Morgan fingerprint density at radius 2 is 2.05 bits per heavy atom. The van der Waals surface area contributed by atoms with Crippen molar-refractivity contribution in [3.05, 3.63) is 33.9 Å². The minimum absolute atomic E-state index is 0. The Labute approximate surface area is 128 Å². The summed E-state index contributed by atoms with van der Waals surface area (Å²) in [6.07, 6.45) is 1.63. The maximum absolute atomic E-state index is 12.1. The third-order valence-electron chi connectivity index (χ3n) is 3.56. The van der Waals surface area contributed by atoms with E-state index in [2.05, 4.69) is 10.6 Å². The van der Waals surface area contributed by atoms with Gasteiger partial charge in [-0.1, -0.05) is 0 Å². The van der Waals surface area contributed by atoms with Crippen molar-refractivity contribution in [2.24, 2.45) is 0 Å². The number of amides is 1. The lowest BCUT2D eigenvalue weighted by Gasteiger charge is -2.35. The molecule has 1 fully saturated rings. The highest BCUT2D eigenvalue weighted by molar-refractivity contribution is 5.95. The summed E-state index contributed by atoms with van der Waals surface area (Å²) >= 11 is 0. The van der Waals surface area contributed by atoms with Crippen molar-refractivity contribution in [2.45, 2.75) is 25.3 Å². The quantitative estimate of drug-likeness (QED) is 0.580. The number of phenolic OH excluding ortho intramolecular Hbond substituents is 1. The van der Waals surface area contributed by atoms with Gasteiger partial charge in [0.05, 0.1) is 4.92 Å². The fourth-order valence-electron chi connectivity index (χ4n) is 2.27. The number of rotatable bonds is 3. The zero-order chi connectivity index (χ0) is 14.8. The molecule has 2 rings (SSSR count). The Morgan fingerprint density at radius 1 is 1.43 bits per heavy atom. The third kappa shape index (κ3) is 4.05. The molecule has 8 heteroatoms. The van der Waals surface area contributed by atoms with Gasteiger partial charge in [0.25, 0.3) is 5.91 Å². The van der Waals surface area contributed by atoms with Crippen LogP contribution >= 0.6 is 12.4 Å². The lowest BCUT2D eigenvalue weighted by molar-refractivity contribution is -0.385. The van der Waals surface area contributed by atoms with Crippen LogP contribution in [0.2, 0.25) is 0 Å². The van der Waals surface area contributed by atoms with Crippen LogP contribution in [-0.2, 0) is 0 Å². The number of carbonyl (C=O) groups is 1. The monoisotopic (exact) mass is 315 g/mol. The standard InChI is InChI=1S/C13H17N3O4.ClH/c1-13(4-6-14-7-5-13)15-12(18)9-2-3-10(16(19)20)11(17)8-9;/h2-3,8,14,17H,4-7H2,1H3,(H,15,18);1H. The Hall–Kier alpha value is -1.86. The molecular formula is C13H18ClN3O4. The molecule has 1 amide bonds. The summed E-state index contributed by atoms with van der Waals surface area (Å²) in [4.78, 5) is 22.1. The van der Waals surface area contributed by atoms with Gasteiger partial charge >= 0.3 is 5.69 Å². The minimum atomic E-state index is -0.689. The van der Waals surface area contributed by atoms with Crippen LogP contribution in [0.5, 0.6) is 5.75 Å². The summed E-state index contributed by atoms with van der Waals surface area (Å²) < 4.78 is 0. The number of hydrogen-bond acceptors (Lipinski definition) is 5. The maximum Gasteiger partial charge on any atom is 0.310 e. The van der Waals surface area contributed by atoms with Crippen LogP contribution in [0.15, 0.2) is 18.2 Å².